The number of fused-ring (bicyclic) bond motifs is 1. The molecular weight excluding hydrogens is 242 g/mol. The van der Waals surface area contributed by atoms with Crippen molar-refractivity contribution < 1.29 is 9.90 Å². The Balaban J connectivity index is 1.88. The van der Waals surface area contributed by atoms with Crippen molar-refractivity contribution in [3.8, 4) is 5.75 Å². The van der Waals surface area contributed by atoms with Crippen LogP contribution in [0.5, 0.6) is 5.75 Å². The summed E-state index contributed by atoms with van der Waals surface area (Å²) in [6, 6.07) is 11.9. The largest absolute Gasteiger partial charge is 0.507 e. The number of aromatic hydroxyl groups is 1. The van der Waals surface area contributed by atoms with Crippen molar-refractivity contribution in [3.05, 3.63) is 54.2 Å². The van der Waals surface area contributed by atoms with Crippen LogP contribution in [0.1, 0.15) is 10.4 Å². The fourth-order valence-corrected chi connectivity index (χ4v) is 1.88. The van der Waals surface area contributed by atoms with Gasteiger partial charge < -0.3 is 10.4 Å². The molecule has 0 fully saturated rings. The molecule has 2 aromatic carbocycles. The van der Waals surface area contributed by atoms with Gasteiger partial charge in [0.15, 0.2) is 0 Å². The SMILES string of the molecule is O=C(Nc1ccc2[nH]ncc2c1)c1ccccc1O. The van der Waals surface area contributed by atoms with Gasteiger partial charge in [-0.15, -0.1) is 0 Å². The number of hydrogen-bond acceptors (Lipinski definition) is 3. The third-order valence-electron chi connectivity index (χ3n) is 2.85. The number of hydrogen-bond donors (Lipinski definition) is 3. The summed E-state index contributed by atoms with van der Waals surface area (Å²) in [5.41, 5.74) is 1.80. The maximum absolute atomic E-state index is 12.0. The third kappa shape index (κ3) is 2.13. The Morgan fingerprint density at radius 3 is 2.89 bits per heavy atom. The minimum absolute atomic E-state index is 0.0376. The van der Waals surface area contributed by atoms with Gasteiger partial charge in [0, 0.05) is 11.1 Å². The maximum Gasteiger partial charge on any atom is 0.259 e. The van der Waals surface area contributed by atoms with Crippen molar-refractivity contribution in [3.63, 3.8) is 0 Å². The van der Waals surface area contributed by atoms with Gasteiger partial charge >= 0.3 is 0 Å². The molecule has 3 rings (SSSR count). The van der Waals surface area contributed by atoms with E-state index in [-0.39, 0.29) is 17.2 Å². The van der Waals surface area contributed by atoms with Crippen molar-refractivity contribution in [2.24, 2.45) is 0 Å². The highest BCUT2D eigenvalue weighted by atomic mass is 16.3. The number of aromatic nitrogens is 2. The lowest BCUT2D eigenvalue weighted by Gasteiger charge is -2.06. The Labute approximate surface area is 108 Å². The molecule has 0 atom stereocenters. The summed E-state index contributed by atoms with van der Waals surface area (Å²) in [6.07, 6.45) is 1.69. The summed E-state index contributed by atoms with van der Waals surface area (Å²) in [6.45, 7) is 0. The van der Waals surface area contributed by atoms with Crippen molar-refractivity contribution in [2.75, 3.05) is 5.32 Å². The molecule has 0 aliphatic rings. The van der Waals surface area contributed by atoms with Gasteiger partial charge in [-0.3, -0.25) is 9.89 Å². The van der Waals surface area contributed by atoms with E-state index in [1.807, 2.05) is 12.1 Å². The van der Waals surface area contributed by atoms with Crippen molar-refractivity contribution in [2.45, 2.75) is 0 Å². The molecule has 3 N–H and O–H groups in total. The second kappa shape index (κ2) is 4.45. The van der Waals surface area contributed by atoms with E-state index in [2.05, 4.69) is 15.5 Å². The molecule has 1 aromatic heterocycles. The molecule has 0 unspecified atom stereocenters. The molecule has 19 heavy (non-hydrogen) atoms. The van der Waals surface area contributed by atoms with Crippen LogP contribution in [0.3, 0.4) is 0 Å². The second-order valence-electron chi connectivity index (χ2n) is 4.14. The fourth-order valence-electron chi connectivity index (χ4n) is 1.88. The van der Waals surface area contributed by atoms with Gasteiger partial charge in [-0.05, 0) is 30.3 Å². The molecule has 1 heterocycles. The molecule has 5 heteroatoms. The first kappa shape index (κ1) is 11.3. The normalized spacial score (nSPS) is 10.5. The van der Waals surface area contributed by atoms with Crippen LogP contribution in [-0.2, 0) is 0 Å². The zero-order valence-corrected chi connectivity index (χ0v) is 9.92. The maximum atomic E-state index is 12.0. The van der Waals surface area contributed by atoms with Crippen molar-refractivity contribution >= 4 is 22.5 Å². The Hall–Kier alpha value is -2.82. The number of nitrogens with zero attached hydrogens (tertiary/aromatic N) is 1. The second-order valence-corrected chi connectivity index (χ2v) is 4.14. The van der Waals surface area contributed by atoms with E-state index in [9.17, 15) is 9.90 Å². The van der Waals surface area contributed by atoms with E-state index in [1.54, 1.807) is 30.5 Å². The van der Waals surface area contributed by atoms with Gasteiger partial charge in [-0.25, -0.2) is 0 Å². The molecular formula is C14H11N3O2. The zero-order valence-electron chi connectivity index (χ0n) is 9.92. The smallest absolute Gasteiger partial charge is 0.259 e. The Kier molecular flexibility index (Phi) is 2.64. The number of carbonyl (C=O) groups excluding carboxylic acids is 1. The lowest BCUT2D eigenvalue weighted by atomic mass is 10.1. The number of amides is 1. The van der Waals surface area contributed by atoms with E-state index in [1.165, 1.54) is 6.07 Å². The highest BCUT2D eigenvalue weighted by Gasteiger charge is 2.10. The predicted octanol–water partition coefficient (Wildman–Crippen LogP) is 2.52. The minimum atomic E-state index is -0.346. The molecule has 0 radical (unpaired) electrons. The van der Waals surface area contributed by atoms with Crippen molar-refractivity contribution in [1.29, 1.82) is 0 Å². The standard InChI is InChI=1S/C14H11N3O2/c18-13-4-2-1-3-11(13)14(19)16-10-5-6-12-9(7-10)8-15-17-12/h1-8,18H,(H,15,17)(H,16,19). The summed E-state index contributed by atoms with van der Waals surface area (Å²) in [5.74, 6) is -0.384. The topological polar surface area (TPSA) is 78.0 Å². The Bertz CT molecular complexity index is 749. The van der Waals surface area contributed by atoms with E-state index >= 15 is 0 Å². The molecule has 94 valence electrons. The molecule has 0 aliphatic heterocycles. The number of nitrogens with one attached hydrogen (secondary N) is 2. The highest BCUT2D eigenvalue weighted by Crippen LogP contribution is 2.20. The number of H-pyrrole nitrogens is 1. The first-order valence-electron chi connectivity index (χ1n) is 5.76. The monoisotopic (exact) mass is 253 g/mol. The van der Waals surface area contributed by atoms with Gasteiger partial charge in [0.1, 0.15) is 5.75 Å². The minimum Gasteiger partial charge on any atom is -0.507 e. The van der Waals surface area contributed by atoms with Gasteiger partial charge in [0.25, 0.3) is 5.91 Å². The number of benzene rings is 2. The molecule has 5 nitrogen and oxygen atoms in total. The lowest BCUT2D eigenvalue weighted by molar-refractivity contribution is 0.102. The van der Waals surface area contributed by atoms with Crippen LogP contribution >= 0.6 is 0 Å². The van der Waals surface area contributed by atoms with Crippen LogP contribution in [0.2, 0.25) is 0 Å². The van der Waals surface area contributed by atoms with E-state index in [4.69, 9.17) is 0 Å². The number of rotatable bonds is 2. The zero-order chi connectivity index (χ0) is 13.2. The first-order valence-corrected chi connectivity index (χ1v) is 5.76. The van der Waals surface area contributed by atoms with Gasteiger partial charge in [-0.1, -0.05) is 12.1 Å². The average molecular weight is 253 g/mol. The molecule has 0 spiro atoms. The molecule has 1 amide bonds. The lowest BCUT2D eigenvalue weighted by Crippen LogP contribution is -2.11. The number of phenolic OH excluding ortho intramolecular Hbond substituents is 1. The van der Waals surface area contributed by atoms with Crippen LogP contribution < -0.4 is 5.32 Å². The molecule has 0 aliphatic carbocycles. The van der Waals surface area contributed by atoms with Crippen LogP contribution in [0, 0.1) is 0 Å². The summed E-state index contributed by atoms with van der Waals surface area (Å²) in [5, 5.41) is 20.0. The van der Waals surface area contributed by atoms with E-state index in [0.29, 0.717) is 5.69 Å². The number of carbonyl (C=O) groups is 1. The van der Waals surface area contributed by atoms with Crippen LogP contribution in [0.4, 0.5) is 5.69 Å². The van der Waals surface area contributed by atoms with Crippen LogP contribution in [0.25, 0.3) is 10.9 Å². The number of phenols is 1. The summed E-state index contributed by atoms with van der Waals surface area (Å²) in [4.78, 5) is 12.0. The van der Waals surface area contributed by atoms with Gasteiger partial charge in [-0.2, -0.15) is 5.10 Å². The van der Waals surface area contributed by atoms with E-state index < -0.39 is 0 Å². The molecule has 0 saturated heterocycles. The third-order valence-corrected chi connectivity index (χ3v) is 2.85. The molecule has 0 saturated carbocycles. The Morgan fingerprint density at radius 1 is 1.21 bits per heavy atom. The van der Waals surface area contributed by atoms with Gasteiger partial charge in [0.2, 0.25) is 0 Å². The van der Waals surface area contributed by atoms with E-state index in [0.717, 1.165) is 10.9 Å². The van der Waals surface area contributed by atoms with Crippen molar-refractivity contribution in [1.82, 2.24) is 10.2 Å². The quantitative estimate of drug-likeness (QED) is 0.656. The highest BCUT2D eigenvalue weighted by molar-refractivity contribution is 6.06. The fraction of sp³-hybridized carbons (Fsp3) is 0. The summed E-state index contributed by atoms with van der Waals surface area (Å²) >= 11 is 0. The number of para-hydroxylation sites is 1. The predicted molar refractivity (Wildman–Crippen MR) is 72.2 cm³/mol. The van der Waals surface area contributed by atoms with Gasteiger partial charge in [0.05, 0.1) is 17.3 Å². The molecule has 3 aromatic rings. The average Bonchev–Trinajstić information content (AvgIpc) is 2.86. The number of aromatic amines is 1. The Morgan fingerprint density at radius 2 is 2.05 bits per heavy atom. The van der Waals surface area contributed by atoms with Crippen LogP contribution in [-0.4, -0.2) is 21.2 Å². The first-order chi connectivity index (χ1) is 9.24. The molecule has 0 bridgehead atoms. The summed E-state index contributed by atoms with van der Waals surface area (Å²) in [7, 11) is 0. The summed E-state index contributed by atoms with van der Waals surface area (Å²) < 4.78 is 0. The number of anilines is 1. The van der Waals surface area contributed by atoms with Crippen LogP contribution in [0.15, 0.2) is 48.7 Å².